The number of aliphatic hydroxyl groups excluding tert-OH is 4. The Morgan fingerprint density at radius 1 is 1.30 bits per heavy atom. The quantitative estimate of drug-likeness (QED) is 0.556. The maximum Gasteiger partial charge on any atom is 0.215 e. The molecule has 0 aromatic carbocycles. The van der Waals surface area contributed by atoms with Crippen LogP contribution in [-0.4, -0.2) is 59.9 Å². The highest BCUT2D eigenvalue weighted by Gasteiger charge is 2.44. The van der Waals surface area contributed by atoms with Gasteiger partial charge in [0.05, 0.1) is 25.5 Å². The minimum absolute atomic E-state index is 0.210. The minimum atomic E-state index is -1.28. The molecule has 0 spiro atoms. The Kier molecular flexibility index (Phi) is 4.01. The van der Waals surface area contributed by atoms with Gasteiger partial charge in [-0.25, -0.2) is 14.8 Å². The smallest absolute Gasteiger partial charge is 0.215 e. The monoisotopic (exact) mass is 320 g/mol. The van der Waals surface area contributed by atoms with Gasteiger partial charge in [0.2, 0.25) is 5.69 Å². The topological polar surface area (TPSA) is 125 Å². The lowest BCUT2D eigenvalue weighted by Gasteiger charge is -2.18. The van der Waals surface area contributed by atoms with E-state index in [2.05, 4.69) is 14.8 Å². The van der Waals surface area contributed by atoms with E-state index in [0.717, 1.165) is 0 Å². The molecule has 3 rings (SSSR count). The summed E-state index contributed by atoms with van der Waals surface area (Å²) in [7, 11) is 0. The van der Waals surface area contributed by atoms with E-state index in [-0.39, 0.29) is 12.3 Å². The number of nitrogens with zero attached hydrogens (tertiary/aromatic N) is 4. The zero-order valence-corrected chi connectivity index (χ0v) is 12.3. The zero-order chi connectivity index (χ0) is 16.7. The first-order chi connectivity index (χ1) is 11.0. The summed E-state index contributed by atoms with van der Waals surface area (Å²) in [6.07, 6.45) is -3.02. The number of hydrogen-bond donors (Lipinski definition) is 4. The lowest BCUT2D eigenvalue weighted by Crippen LogP contribution is -2.33. The molecule has 9 heteroatoms. The highest BCUT2D eigenvalue weighted by molar-refractivity contribution is 5.93. The first-order valence-electron chi connectivity index (χ1n) is 7.00. The summed E-state index contributed by atoms with van der Waals surface area (Å²) in [5.74, 6) is 0.393. The Bertz CT molecular complexity index is 784. The summed E-state index contributed by atoms with van der Waals surface area (Å²) in [5.41, 5.74) is 0.841. The predicted molar refractivity (Wildman–Crippen MR) is 77.5 cm³/mol. The lowest BCUT2D eigenvalue weighted by atomic mass is 10.1. The Hall–Kier alpha value is -2.09. The SMILES string of the molecule is [C-]#[N+]c1cn([C@@H]2O[C@H](CO)[C@@H](O)[C@H]2O)c2nc(C)nc(CO)c12. The number of aliphatic hydroxyl groups is 4. The predicted octanol–water partition coefficient (Wildman–Crippen LogP) is -0.606. The number of fused-ring (bicyclic) bond motifs is 1. The Morgan fingerprint density at radius 3 is 2.61 bits per heavy atom. The minimum Gasteiger partial charge on any atom is -0.394 e. The second kappa shape index (κ2) is 5.84. The van der Waals surface area contributed by atoms with Crippen molar-refractivity contribution in [3.05, 3.63) is 29.1 Å². The standard InChI is InChI=1S/C14H16N4O5/c1-6-16-8(4-19)10-7(15-2)3-18(13(10)17-6)14-12(22)11(21)9(5-20)23-14/h3,9,11-12,14,19-22H,4-5H2,1H3/t9-,11-,12-,14-/m1/s1. The maximum absolute atomic E-state index is 10.2. The summed E-state index contributed by atoms with van der Waals surface area (Å²) < 4.78 is 6.92. The van der Waals surface area contributed by atoms with Crippen molar-refractivity contribution in [1.29, 1.82) is 0 Å². The molecule has 1 aliphatic heterocycles. The average molecular weight is 320 g/mol. The number of hydrogen-bond acceptors (Lipinski definition) is 7. The van der Waals surface area contributed by atoms with Crippen LogP contribution in [0.2, 0.25) is 0 Å². The van der Waals surface area contributed by atoms with Crippen LogP contribution in [0.5, 0.6) is 0 Å². The summed E-state index contributed by atoms with van der Waals surface area (Å²) in [6, 6.07) is 0. The van der Waals surface area contributed by atoms with Crippen LogP contribution in [0.15, 0.2) is 6.20 Å². The third-order valence-corrected chi connectivity index (χ3v) is 3.90. The highest BCUT2D eigenvalue weighted by Crippen LogP contribution is 2.37. The van der Waals surface area contributed by atoms with E-state index in [4.69, 9.17) is 11.3 Å². The molecule has 9 nitrogen and oxygen atoms in total. The van der Waals surface area contributed by atoms with Crippen molar-refractivity contribution in [2.24, 2.45) is 0 Å². The van der Waals surface area contributed by atoms with E-state index in [1.165, 1.54) is 10.8 Å². The number of aryl methyl sites for hydroxylation is 1. The molecule has 122 valence electrons. The second-order valence-electron chi connectivity index (χ2n) is 5.34. The van der Waals surface area contributed by atoms with Crippen LogP contribution >= 0.6 is 0 Å². The Labute approximate surface area is 131 Å². The van der Waals surface area contributed by atoms with Gasteiger partial charge in [0.1, 0.15) is 29.8 Å². The average Bonchev–Trinajstić information content (AvgIpc) is 3.05. The van der Waals surface area contributed by atoms with Crippen LogP contribution in [0.1, 0.15) is 17.7 Å². The highest BCUT2D eigenvalue weighted by atomic mass is 16.6. The summed E-state index contributed by atoms with van der Waals surface area (Å²) in [5, 5.41) is 39.1. The molecule has 1 aliphatic rings. The summed E-state index contributed by atoms with van der Waals surface area (Å²) in [4.78, 5) is 11.8. The molecule has 0 amide bonds. The van der Waals surface area contributed by atoms with E-state index in [1.807, 2.05) is 0 Å². The van der Waals surface area contributed by atoms with Crippen LogP contribution in [-0.2, 0) is 11.3 Å². The van der Waals surface area contributed by atoms with Gasteiger partial charge in [-0.05, 0) is 6.92 Å². The molecule has 23 heavy (non-hydrogen) atoms. The van der Waals surface area contributed by atoms with Crippen molar-refractivity contribution >= 4 is 16.7 Å². The molecule has 0 saturated carbocycles. The van der Waals surface area contributed by atoms with Crippen LogP contribution in [0.3, 0.4) is 0 Å². The summed E-state index contributed by atoms with van der Waals surface area (Å²) in [6.45, 7) is 8.12. The van der Waals surface area contributed by atoms with E-state index in [1.54, 1.807) is 6.92 Å². The Balaban J connectivity index is 2.20. The van der Waals surface area contributed by atoms with Crippen molar-refractivity contribution in [1.82, 2.24) is 14.5 Å². The molecule has 1 saturated heterocycles. The number of aromatic nitrogens is 3. The molecule has 3 heterocycles. The number of ether oxygens (including phenoxy) is 1. The molecular weight excluding hydrogens is 304 g/mol. The molecule has 2 aromatic heterocycles. The van der Waals surface area contributed by atoms with Gasteiger partial charge in [-0.3, -0.25) is 0 Å². The van der Waals surface area contributed by atoms with E-state index < -0.39 is 31.1 Å². The van der Waals surface area contributed by atoms with Crippen molar-refractivity contribution in [2.45, 2.75) is 38.1 Å². The van der Waals surface area contributed by atoms with Gasteiger partial charge < -0.3 is 29.7 Å². The van der Waals surface area contributed by atoms with Crippen LogP contribution < -0.4 is 0 Å². The van der Waals surface area contributed by atoms with Crippen LogP contribution in [0.4, 0.5) is 5.69 Å². The number of rotatable bonds is 3. The van der Waals surface area contributed by atoms with Crippen LogP contribution in [0, 0.1) is 13.5 Å². The van der Waals surface area contributed by atoms with E-state index >= 15 is 0 Å². The van der Waals surface area contributed by atoms with Crippen molar-refractivity contribution in [3.8, 4) is 0 Å². The lowest BCUT2D eigenvalue weighted by molar-refractivity contribution is -0.0508. The molecule has 0 aliphatic carbocycles. The van der Waals surface area contributed by atoms with Crippen molar-refractivity contribution < 1.29 is 25.2 Å². The maximum atomic E-state index is 10.2. The molecule has 1 fully saturated rings. The van der Waals surface area contributed by atoms with Gasteiger partial charge >= 0.3 is 0 Å². The zero-order valence-electron chi connectivity index (χ0n) is 12.3. The van der Waals surface area contributed by atoms with E-state index in [0.29, 0.717) is 22.6 Å². The third-order valence-electron chi connectivity index (χ3n) is 3.90. The second-order valence-corrected chi connectivity index (χ2v) is 5.34. The molecule has 4 atom stereocenters. The van der Waals surface area contributed by atoms with Crippen molar-refractivity contribution in [3.63, 3.8) is 0 Å². The van der Waals surface area contributed by atoms with E-state index in [9.17, 15) is 20.4 Å². The van der Waals surface area contributed by atoms with Gasteiger partial charge in [-0.2, -0.15) is 0 Å². The normalized spacial score (nSPS) is 27.5. The molecule has 4 N–H and O–H groups in total. The largest absolute Gasteiger partial charge is 0.394 e. The first kappa shape index (κ1) is 15.8. The van der Waals surface area contributed by atoms with Gasteiger partial charge in [0.15, 0.2) is 6.23 Å². The molecular formula is C14H16N4O5. The third kappa shape index (κ3) is 2.37. The van der Waals surface area contributed by atoms with Gasteiger partial charge in [0, 0.05) is 11.6 Å². The fourth-order valence-corrected chi connectivity index (χ4v) is 2.82. The van der Waals surface area contributed by atoms with Gasteiger partial charge in [-0.1, -0.05) is 0 Å². The fraction of sp³-hybridized carbons (Fsp3) is 0.500. The van der Waals surface area contributed by atoms with Crippen molar-refractivity contribution in [2.75, 3.05) is 6.61 Å². The summed E-state index contributed by atoms with van der Waals surface area (Å²) >= 11 is 0. The molecule has 0 radical (unpaired) electrons. The van der Waals surface area contributed by atoms with Gasteiger partial charge in [-0.15, -0.1) is 0 Å². The first-order valence-corrected chi connectivity index (χ1v) is 7.00. The molecule has 2 aromatic rings. The fourth-order valence-electron chi connectivity index (χ4n) is 2.82. The van der Waals surface area contributed by atoms with Gasteiger partial charge in [0.25, 0.3) is 0 Å². The van der Waals surface area contributed by atoms with Crippen LogP contribution in [0.25, 0.3) is 15.9 Å². The molecule has 0 bridgehead atoms. The Morgan fingerprint density at radius 2 is 2.04 bits per heavy atom. The molecule has 0 unspecified atom stereocenters.